The van der Waals surface area contributed by atoms with Gasteiger partial charge in [0.25, 0.3) is 0 Å². The molecule has 1 nitrogen and oxygen atoms in total. The number of aliphatic hydroxyl groups excluding tert-OH is 1. The molecular weight excluding hydrogens is 179 g/mol. The summed E-state index contributed by atoms with van der Waals surface area (Å²) in [5.74, 6) is 0.169. The molecule has 0 aliphatic rings. The van der Waals surface area contributed by atoms with Gasteiger partial charge < -0.3 is 5.11 Å². The highest BCUT2D eigenvalue weighted by atomic mass is 19.1. The van der Waals surface area contributed by atoms with E-state index in [4.69, 9.17) is 0 Å². The largest absolute Gasteiger partial charge is 0.396 e. The summed E-state index contributed by atoms with van der Waals surface area (Å²) in [6, 6.07) is 9.91. The Bertz CT molecular complexity index is 235. The molecule has 1 N–H and O–H groups in total. The third kappa shape index (κ3) is 3.46. The lowest BCUT2D eigenvalue weighted by Crippen LogP contribution is -2.04. The molecule has 0 saturated heterocycles. The van der Waals surface area contributed by atoms with Crippen LogP contribution in [0.15, 0.2) is 30.3 Å². The van der Waals surface area contributed by atoms with Gasteiger partial charge in [-0.1, -0.05) is 36.8 Å². The maximum absolute atomic E-state index is 11.9. The molecule has 1 unspecified atom stereocenters. The number of unbranched alkanes of at least 4 members (excludes halogenated alkanes) is 1. The van der Waals surface area contributed by atoms with E-state index in [0.29, 0.717) is 6.42 Å². The lowest BCUT2D eigenvalue weighted by atomic mass is 9.94. The van der Waals surface area contributed by atoms with Crippen molar-refractivity contribution in [2.75, 3.05) is 13.3 Å². The van der Waals surface area contributed by atoms with E-state index >= 15 is 0 Å². The van der Waals surface area contributed by atoms with Crippen molar-refractivity contribution in [1.82, 2.24) is 0 Å². The fourth-order valence-electron chi connectivity index (χ4n) is 1.57. The Labute approximate surface area is 84.6 Å². The highest BCUT2D eigenvalue weighted by Gasteiger charge is 2.08. The Morgan fingerprint density at radius 2 is 1.86 bits per heavy atom. The number of rotatable bonds is 6. The zero-order valence-electron chi connectivity index (χ0n) is 8.32. The molecule has 0 aliphatic heterocycles. The number of hydrogen-bond acceptors (Lipinski definition) is 1. The Morgan fingerprint density at radius 1 is 1.14 bits per heavy atom. The van der Waals surface area contributed by atoms with Crippen molar-refractivity contribution >= 4 is 0 Å². The van der Waals surface area contributed by atoms with E-state index in [1.165, 1.54) is 0 Å². The molecule has 1 atom stereocenters. The summed E-state index contributed by atoms with van der Waals surface area (Å²) in [6.07, 6.45) is 2.31. The van der Waals surface area contributed by atoms with Crippen molar-refractivity contribution in [1.29, 1.82) is 0 Å². The van der Waals surface area contributed by atoms with Gasteiger partial charge in [0.05, 0.1) is 6.67 Å². The first-order valence-electron chi connectivity index (χ1n) is 5.10. The van der Waals surface area contributed by atoms with Crippen molar-refractivity contribution in [3.8, 4) is 0 Å². The van der Waals surface area contributed by atoms with Gasteiger partial charge in [-0.15, -0.1) is 0 Å². The number of halogens is 1. The second-order valence-electron chi connectivity index (χ2n) is 3.47. The summed E-state index contributed by atoms with van der Waals surface area (Å²) >= 11 is 0. The lowest BCUT2D eigenvalue weighted by Gasteiger charge is -2.13. The second-order valence-corrected chi connectivity index (χ2v) is 3.47. The van der Waals surface area contributed by atoms with Crippen LogP contribution in [0.1, 0.15) is 30.7 Å². The van der Waals surface area contributed by atoms with Gasteiger partial charge in [0.15, 0.2) is 0 Å². The van der Waals surface area contributed by atoms with Gasteiger partial charge in [-0.05, 0) is 18.4 Å². The standard InChI is InChI=1S/C12H17FO/c13-9-5-4-8-12(10-14)11-6-2-1-3-7-11/h1-3,6-7,12,14H,4-5,8-10H2. The third-order valence-corrected chi connectivity index (χ3v) is 2.43. The van der Waals surface area contributed by atoms with E-state index in [2.05, 4.69) is 0 Å². The first-order valence-corrected chi connectivity index (χ1v) is 5.10. The van der Waals surface area contributed by atoms with Crippen LogP contribution < -0.4 is 0 Å². The van der Waals surface area contributed by atoms with Gasteiger partial charge in [0.2, 0.25) is 0 Å². The molecule has 1 aromatic rings. The average molecular weight is 196 g/mol. The number of benzene rings is 1. The summed E-state index contributed by atoms with van der Waals surface area (Å²) in [6.45, 7) is -0.108. The van der Waals surface area contributed by atoms with Gasteiger partial charge in [0.1, 0.15) is 0 Å². The molecule has 0 radical (unpaired) electrons. The van der Waals surface area contributed by atoms with E-state index in [-0.39, 0.29) is 19.2 Å². The van der Waals surface area contributed by atoms with Crippen LogP contribution in [0.5, 0.6) is 0 Å². The SMILES string of the molecule is OCC(CCCCF)c1ccccc1. The highest BCUT2D eigenvalue weighted by molar-refractivity contribution is 5.19. The van der Waals surface area contributed by atoms with Crippen molar-refractivity contribution in [3.05, 3.63) is 35.9 Å². The number of alkyl halides is 1. The summed E-state index contributed by atoms with van der Waals surface area (Å²) < 4.78 is 11.9. The van der Waals surface area contributed by atoms with Gasteiger partial charge in [-0.2, -0.15) is 0 Å². The minimum absolute atomic E-state index is 0.149. The molecular formula is C12H17FO. The fraction of sp³-hybridized carbons (Fsp3) is 0.500. The Morgan fingerprint density at radius 3 is 2.43 bits per heavy atom. The molecule has 0 saturated carbocycles. The van der Waals surface area contributed by atoms with Crippen LogP contribution in [0.25, 0.3) is 0 Å². The van der Waals surface area contributed by atoms with E-state index in [1.807, 2.05) is 30.3 Å². The molecule has 1 rings (SSSR count). The second kappa shape index (κ2) is 6.55. The van der Waals surface area contributed by atoms with Crippen LogP contribution in [0.2, 0.25) is 0 Å². The molecule has 0 heterocycles. The van der Waals surface area contributed by atoms with Gasteiger partial charge >= 0.3 is 0 Å². The average Bonchev–Trinajstić information content (AvgIpc) is 2.26. The molecule has 78 valence electrons. The fourth-order valence-corrected chi connectivity index (χ4v) is 1.57. The number of hydrogen-bond donors (Lipinski definition) is 1. The minimum atomic E-state index is -0.257. The zero-order chi connectivity index (χ0) is 10.2. The first-order chi connectivity index (χ1) is 6.88. The summed E-state index contributed by atoms with van der Waals surface area (Å²) in [5.41, 5.74) is 1.15. The van der Waals surface area contributed by atoms with Crippen LogP contribution >= 0.6 is 0 Å². The topological polar surface area (TPSA) is 20.2 Å². The minimum Gasteiger partial charge on any atom is -0.396 e. The molecule has 14 heavy (non-hydrogen) atoms. The molecule has 0 spiro atoms. The summed E-state index contributed by atoms with van der Waals surface area (Å²) in [5, 5.41) is 9.19. The van der Waals surface area contributed by atoms with Crippen LogP contribution in [-0.2, 0) is 0 Å². The van der Waals surface area contributed by atoms with E-state index in [1.54, 1.807) is 0 Å². The highest BCUT2D eigenvalue weighted by Crippen LogP contribution is 2.20. The maximum atomic E-state index is 11.9. The molecule has 0 bridgehead atoms. The molecule has 0 amide bonds. The van der Waals surface area contributed by atoms with Gasteiger partial charge in [-0.25, -0.2) is 0 Å². The van der Waals surface area contributed by atoms with Gasteiger partial charge in [0, 0.05) is 12.5 Å². The van der Waals surface area contributed by atoms with Crippen molar-refractivity contribution < 1.29 is 9.50 Å². The summed E-state index contributed by atoms with van der Waals surface area (Å²) in [4.78, 5) is 0. The predicted molar refractivity (Wildman–Crippen MR) is 56.1 cm³/mol. The zero-order valence-corrected chi connectivity index (χ0v) is 8.32. The molecule has 2 heteroatoms. The quantitative estimate of drug-likeness (QED) is 0.693. The van der Waals surface area contributed by atoms with E-state index < -0.39 is 0 Å². The molecule has 1 aromatic carbocycles. The van der Waals surface area contributed by atoms with Crippen LogP contribution in [-0.4, -0.2) is 18.4 Å². The van der Waals surface area contributed by atoms with E-state index in [0.717, 1.165) is 18.4 Å². The first kappa shape index (κ1) is 11.2. The predicted octanol–water partition coefficient (Wildman–Crippen LogP) is 2.90. The van der Waals surface area contributed by atoms with Crippen molar-refractivity contribution in [2.45, 2.75) is 25.2 Å². The van der Waals surface area contributed by atoms with Crippen LogP contribution in [0, 0.1) is 0 Å². The van der Waals surface area contributed by atoms with E-state index in [9.17, 15) is 9.50 Å². The van der Waals surface area contributed by atoms with Gasteiger partial charge in [-0.3, -0.25) is 4.39 Å². The molecule has 0 aromatic heterocycles. The summed E-state index contributed by atoms with van der Waals surface area (Å²) in [7, 11) is 0. The maximum Gasteiger partial charge on any atom is 0.0894 e. The molecule has 0 fully saturated rings. The normalized spacial score (nSPS) is 12.7. The monoisotopic (exact) mass is 196 g/mol. The Kier molecular flexibility index (Phi) is 5.23. The lowest BCUT2D eigenvalue weighted by molar-refractivity contribution is 0.255. The Hall–Kier alpha value is -0.890. The Balaban J connectivity index is 2.46. The van der Waals surface area contributed by atoms with Crippen molar-refractivity contribution in [2.24, 2.45) is 0 Å². The van der Waals surface area contributed by atoms with Crippen LogP contribution in [0.4, 0.5) is 4.39 Å². The van der Waals surface area contributed by atoms with Crippen molar-refractivity contribution in [3.63, 3.8) is 0 Å². The molecule has 0 aliphatic carbocycles. The smallest absolute Gasteiger partial charge is 0.0894 e. The third-order valence-electron chi connectivity index (χ3n) is 2.43. The number of aliphatic hydroxyl groups is 1. The van der Waals surface area contributed by atoms with Crippen LogP contribution in [0.3, 0.4) is 0 Å².